The van der Waals surface area contributed by atoms with Crippen molar-refractivity contribution in [1.29, 1.82) is 5.26 Å². The van der Waals surface area contributed by atoms with Crippen molar-refractivity contribution in [1.82, 2.24) is 0 Å². The van der Waals surface area contributed by atoms with E-state index in [0.717, 1.165) is 12.2 Å². The zero-order valence-electron chi connectivity index (χ0n) is 7.32. The molecule has 1 rings (SSSR count). The van der Waals surface area contributed by atoms with E-state index in [1.807, 2.05) is 12.3 Å². The molecule has 0 saturated heterocycles. The number of aliphatic hydroxyl groups excluding tert-OH is 1. The first kappa shape index (κ1) is 9.93. The Balaban J connectivity index is 2.73. The van der Waals surface area contributed by atoms with Crippen LogP contribution in [-0.2, 0) is 0 Å². The van der Waals surface area contributed by atoms with E-state index >= 15 is 0 Å². The third kappa shape index (κ3) is 1.95. The minimum atomic E-state index is -0.304. The standard InChI is InChI=1S/C8H11N3OS/c1-13-3-2-6-7(12)5(4-9)8(10)11-6/h6,12H,2-3H2,1H3,(H2,10,11). The van der Waals surface area contributed by atoms with Gasteiger partial charge in [-0.05, 0) is 18.4 Å². The molecule has 0 fully saturated rings. The molecule has 0 aromatic carbocycles. The summed E-state index contributed by atoms with van der Waals surface area (Å²) < 4.78 is 0. The largest absolute Gasteiger partial charge is 0.508 e. The molecule has 13 heavy (non-hydrogen) atoms. The molecule has 0 aliphatic carbocycles. The quantitative estimate of drug-likeness (QED) is 0.701. The van der Waals surface area contributed by atoms with Gasteiger partial charge in [0.15, 0.2) is 0 Å². The second-order valence-corrected chi connectivity index (χ2v) is 3.67. The zero-order chi connectivity index (χ0) is 9.84. The maximum absolute atomic E-state index is 9.50. The highest BCUT2D eigenvalue weighted by Crippen LogP contribution is 2.21. The van der Waals surface area contributed by atoms with E-state index in [-0.39, 0.29) is 23.2 Å². The van der Waals surface area contributed by atoms with Gasteiger partial charge in [-0.1, -0.05) is 0 Å². The molecule has 1 atom stereocenters. The van der Waals surface area contributed by atoms with E-state index in [1.165, 1.54) is 0 Å². The van der Waals surface area contributed by atoms with Crippen LogP contribution in [0.3, 0.4) is 0 Å². The highest BCUT2D eigenvalue weighted by molar-refractivity contribution is 7.98. The van der Waals surface area contributed by atoms with Gasteiger partial charge in [-0.25, -0.2) is 0 Å². The lowest BCUT2D eigenvalue weighted by Gasteiger charge is -2.05. The van der Waals surface area contributed by atoms with Crippen LogP contribution in [0.4, 0.5) is 0 Å². The van der Waals surface area contributed by atoms with Gasteiger partial charge in [-0.2, -0.15) is 17.0 Å². The van der Waals surface area contributed by atoms with Crippen molar-refractivity contribution in [2.24, 2.45) is 10.7 Å². The van der Waals surface area contributed by atoms with Gasteiger partial charge in [0.1, 0.15) is 29.3 Å². The number of thioether (sulfide) groups is 1. The molecular formula is C8H11N3OS. The molecule has 0 spiro atoms. The fourth-order valence-corrected chi connectivity index (χ4v) is 1.60. The number of hydrogen-bond donors (Lipinski definition) is 2. The van der Waals surface area contributed by atoms with E-state index in [9.17, 15) is 5.11 Å². The number of aliphatic hydroxyl groups is 1. The molecule has 0 aromatic rings. The number of hydrogen-bond acceptors (Lipinski definition) is 5. The molecule has 5 heteroatoms. The summed E-state index contributed by atoms with van der Waals surface area (Å²) >= 11 is 1.67. The van der Waals surface area contributed by atoms with Gasteiger partial charge >= 0.3 is 0 Å². The number of nitrogens with two attached hydrogens (primary N) is 1. The van der Waals surface area contributed by atoms with Crippen LogP contribution in [0.2, 0.25) is 0 Å². The number of nitrogens with zero attached hydrogens (tertiary/aromatic N) is 2. The third-order valence-corrected chi connectivity index (χ3v) is 2.47. The average Bonchev–Trinajstić information content (AvgIpc) is 2.38. The van der Waals surface area contributed by atoms with E-state index in [1.54, 1.807) is 11.8 Å². The van der Waals surface area contributed by atoms with E-state index < -0.39 is 0 Å². The number of nitriles is 1. The number of aliphatic imine (C=N–C) groups is 1. The predicted molar refractivity (Wildman–Crippen MR) is 53.7 cm³/mol. The van der Waals surface area contributed by atoms with Crippen molar-refractivity contribution in [2.75, 3.05) is 12.0 Å². The third-order valence-electron chi connectivity index (χ3n) is 1.83. The van der Waals surface area contributed by atoms with Gasteiger partial charge in [0.2, 0.25) is 0 Å². The van der Waals surface area contributed by atoms with Gasteiger partial charge in [0.25, 0.3) is 0 Å². The molecule has 3 N–H and O–H groups in total. The molecule has 1 heterocycles. The summed E-state index contributed by atoms with van der Waals surface area (Å²) in [7, 11) is 0. The van der Waals surface area contributed by atoms with Gasteiger partial charge < -0.3 is 10.8 Å². The Morgan fingerprint density at radius 2 is 2.46 bits per heavy atom. The van der Waals surface area contributed by atoms with Crippen molar-refractivity contribution >= 4 is 17.6 Å². The lowest BCUT2D eigenvalue weighted by molar-refractivity contribution is 0.368. The summed E-state index contributed by atoms with van der Waals surface area (Å²) in [5, 5.41) is 18.1. The lowest BCUT2D eigenvalue weighted by Crippen LogP contribution is -2.11. The minimum Gasteiger partial charge on any atom is -0.508 e. The molecule has 0 radical (unpaired) electrons. The fraction of sp³-hybridized carbons (Fsp3) is 0.500. The minimum absolute atomic E-state index is 0.0223. The van der Waals surface area contributed by atoms with E-state index in [0.29, 0.717) is 0 Å². The summed E-state index contributed by atoms with van der Waals surface area (Å²) in [5.41, 5.74) is 5.58. The molecule has 0 saturated carbocycles. The van der Waals surface area contributed by atoms with Crippen molar-refractivity contribution in [3.8, 4) is 6.07 Å². The normalized spacial score (nSPS) is 21.5. The Kier molecular flexibility index (Phi) is 3.20. The molecule has 4 nitrogen and oxygen atoms in total. The SMILES string of the molecule is CSCCC1N=C(N)C(C#N)=C1O. The van der Waals surface area contributed by atoms with Crippen LogP contribution >= 0.6 is 11.8 Å². The van der Waals surface area contributed by atoms with Crippen LogP contribution in [0, 0.1) is 11.3 Å². The Bertz CT molecular complexity index is 303. The Hall–Kier alpha value is -1.15. The first-order chi connectivity index (χ1) is 6.20. The second-order valence-electron chi connectivity index (χ2n) is 2.68. The Morgan fingerprint density at radius 1 is 1.77 bits per heavy atom. The summed E-state index contributed by atoms with van der Waals surface area (Å²) in [6.45, 7) is 0. The molecule has 0 aromatic heterocycles. The molecule has 0 bridgehead atoms. The van der Waals surface area contributed by atoms with Crippen LogP contribution in [0.5, 0.6) is 0 Å². The van der Waals surface area contributed by atoms with Crippen LogP contribution in [0.15, 0.2) is 16.3 Å². The molecular weight excluding hydrogens is 186 g/mol. The maximum atomic E-state index is 9.50. The predicted octanol–water partition coefficient (Wildman–Crippen LogP) is 0.815. The fourth-order valence-electron chi connectivity index (χ4n) is 1.14. The van der Waals surface area contributed by atoms with Gasteiger partial charge in [-0.3, -0.25) is 4.99 Å². The van der Waals surface area contributed by atoms with Gasteiger partial charge in [0, 0.05) is 0 Å². The Morgan fingerprint density at radius 3 is 2.92 bits per heavy atom. The van der Waals surface area contributed by atoms with Crippen molar-refractivity contribution in [2.45, 2.75) is 12.5 Å². The smallest absolute Gasteiger partial charge is 0.140 e. The maximum Gasteiger partial charge on any atom is 0.140 e. The molecule has 1 aliphatic heterocycles. The van der Waals surface area contributed by atoms with Crippen molar-refractivity contribution in [3.63, 3.8) is 0 Å². The van der Waals surface area contributed by atoms with Crippen molar-refractivity contribution in [3.05, 3.63) is 11.3 Å². The number of amidine groups is 1. The first-order valence-electron chi connectivity index (χ1n) is 3.86. The van der Waals surface area contributed by atoms with Crippen LogP contribution < -0.4 is 5.73 Å². The molecule has 1 unspecified atom stereocenters. The van der Waals surface area contributed by atoms with Crippen LogP contribution in [-0.4, -0.2) is 29.0 Å². The lowest BCUT2D eigenvalue weighted by atomic mass is 10.1. The van der Waals surface area contributed by atoms with Gasteiger partial charge in [0.05, 0.1) is 0 Å². The number of rotatable bonds is 3. The zero-order valence-corrected chi connectivity index (χ0v) is 8.14. The first-order valence-corrected chi connectivity index (χ1v) is 5.26. The van der Waals surface area contributed by atoms with Crippen LogP contribution in [0.25, 0.3) is 0 Å². The summed E-state index contributed by atoms with van der Waals surface area (Å²) in [6, 6.07) is 1.53. The van der Waals surface area contributed by atoms with Crippen molar-refractivity contribution < 1.29 is 5.11 Å². The monoisotopic (exact) mass is 197 g/mol. The van der Waals surface area contributed by atoms with Crippen LogP contribution in [0.1, 0.15) is 6.42 Å². The van der Waals surface area contributed by atoms with Gasteiger partial charge in [-0.15, -0.1) is 0 Å². The molecule has 1 aliphatic rings. The summed E-state index contributed by atoms with van der Waals surface area (Å²) in [4.78, 5) is 3.99. The van der Waals surface area contributed by atoms with E-state index in [4.69, 9.17) is 11.0 Å². The highest BCUT2D eigenvalue weighted by atomic mass is 32.2. The topological polar surface area (TPSA) is 82.4 Å². The average molecular weight is 197 g/mol. The van der Waals surface area contributed by atoms with E-state index in [2.05, 4.69) is 4.99 Å². The highest BCUT2D eigenvalue weighted by Gasteiger charge is 2.25. The second kappa shape index (κ2) is 4.19. The molecule has 0 amide bonds. The Labute approximate surface area is 81.1 Å². The summed E-state index contributed by atoms with van der Waals surface area (Å²) in [5.74, 6) is 1.07. The molecule has 70 valence electrons. The summed E-state index contributed by atoms with van der Waals surface area (Å²) in [6.07, 6.45) is 2.70.